The highest BCUT2D eigenvalue weighted by molar-refractivity contribution is 7.89. The zero-order valence-corrected chi connectivity index (χ0v) is 11.6. The molecule has 0 spiro atoms. The molecule has 116 valence electrons. The average Bonchev–Trinajstić information content (AvgIpc) is 2.25. The normalized spacial score (nSPS) is 12.9. The Morgan fingerprint density at radius 1 is 1.38 bits per heavy atom. The van der Waals surface area contributed by atoms with E-state index in [1.165, 1.54) is 6.92 Å². The number of rotatable bonds is 6. The van der Waals surface area contributed by atoms with Gasteiger partial charge in [-0.2, -0.15) is 0 Å². The Morgan fingerprint density at radius 3 is 2.43 bits per heavy atom. The summed E-state index contributed by atoms with van der Waals surface area (Å²) in [7, 11) is -4.47. The molecule has 0 saturated heterocycles. The molecule has 1 rings (SSSR count). The van der Waals surface area contributed by atoms with Crippen molar-refractivity contribution in [2.75, 3.05) is 0 Å². The summed E-state index contributed by atoms with van der Waals surface area (Å²) in [5.74, 6) is -5.84. The molecule has 0 aromatic heterocycles. The van der Waals surface area contributed by atoms with Crippen LogP contribution in [0.5, 0.6) is 0 Å². The summed E-state index contributed by atoms with van der Waals surface area (Å²) in [5.41, 5.74) is 3.51. The molecule has 0 heterocycles. The Morgan fingerprint density at radius 2 is 1.95 bits per heavy atom. The van der Waals surface area contributed by atoms with Gasteiger partial charge >= 0.3 is 5.97 Å². The lowest BCUT2D eigenvalue weighted by molar-refractivity contribution is -0.118. The average molecular weight is 322 g/mol. The molecular formula is C11H12F2N2O5S. The van der Waals surface area contributed by atoms with Crippen molar-refractivity contribution in [3.8, 4) is 0 Å². The molecule has 1 aromatic rings. The van der Waals surface area contributed by atoms with Gasteiger partial charge in [-0.05, 0) is 19.1 Å². The zero-order chi connectivity index (χ0) is 16.4. The van der Waals surface area contributed by atoms with E-state index in [1.54, 1.807) is 0 Å². The zero-order valence-electron chi connectivity index (χ0n) is 10.8. The smallest absolute Gasteiger partial charge is 0.341 e. The molecule has 10 heteroatoms. The summed E-state index contributed by atoms with van der Waals surface area (Å²) in [6.07, 6.45) is -0.339. The SMILES string of the molecule is CC(CC(N)=O)NS(=O)(=O)c1ccc(F)c(C(=O)O)c1F. The fraction of sp³-hybridized carbons (Fsp3) is 0.273. The summed E-state index contributed by atoms with van der Waals surface area (Å²) in [6, 6.07) is 0.182. The number of halogens is 2. The maximum Gasteiger partial charge on any atom is 0.341 e. The van der Waals surface area contributed by atoms with Gasteiger partial charge in [0, 0.05) is 12.5 Å². The maximum absolute atomic E-state index is 13.9. The number of aromatic carboxylic acids is 1. The van der Waals surface area contributed by atoms with E-state index >= 15 is 0 Å². The van der Waals surface area contributed by atoms with Gasteiger partial charge in [-0.25, -0.2) is 26.7 Å². The first kappa shape index (κ1) is 17.0. The number of nitrogens with two attached hydrogens (primary N) is 1. The fourth-order valence-corrected chi connectivity index (χ4v) is 2.93. The number of carboxylic acids is 1. The van der Waals surface area contributed by atoms with Gasteiger partial charge in [-0.1, -0.05) is 0 Å². The van der Waals surface area contributed by atoms with Crippen molar-refractivity contribution in [1.29, 1.82) is 0 Å². The minimum atomic E-state index is -4.47. The first-order chi connectivity index (χ1) is 9.56. The van der Waals surface area contributed by atoms with E-state index in [-0.39, 0.29) is 6.42 Å². The van der Waals surface area contributed by atoms with Gasteiger partial charge in [0.25, 0.3) is 0 Å². The molecule has 0 radical (unpaired) electrons. The minimum Gasteiger partial charge on any atom is -0.477 e. The third-order valence-corrected chi connectivity index (χ3v) is 4.03. The predicted molar refractivity (Wildman–Crippen MR) is 66.9 cm³/mol. The van der Waals surface area contributed by atoms with Crippen molar-refractivity contribution >= 4 is 21.9 Å². The largest absolute Gasteiger partial charge is 0.477 e. The quantitative estimate of drug-likeness (QED) is 0.690. The van der Waals surface area contributed by atoms with Crippen LogP contribution in [0.1, 0.15) is 23.7 Å². The molecule has 1 atom stereocenters. The molecule has 0 saturated carbocycles. The topological polar surface area (TPSA) is 127 Å². The number of sulfonamides is 1. The van der Waals surface area contributed by atoms with Crippen LogP contribution in [0, 0.1) is 11.6 Å². The van der Waals surface area contributed by atoms with Gasteiger partial charge in [-0.15, -0.1) is 0 Å². The number of carbonyl (C=O) groups is 2. The van der Waals surface area contributed by atoms with Gasteiger partial charge in [0.05, 0.1) is 0 Å². The van der Waals surface area contributed by atoms with E-state index in [4.69, 9.17) is 10.8 Å². The number of hydrogen-bond acceptors (Lipinski definition) is 4. The first-order valence-corrected chi connectivity index (χ1v) is 7.06. The predicted octanol–water partition coefficient (Wildman–Crippen LogP) is 0.205. The summed E-state index contributed by atoms with van der Waals surface area (Å²) >= 11 is 0. The third-order valence-electron chi connectivity index (χ3n) is 2.42. The highest BCUT2D eigenvalue weighted by Crippen LogP contribution is 2.21. The Bertz CT molecular complexity index is 690. The van der Waals surface area contributed by atoms with Crippen LogP contribution in [-0.2, 0) is 14.8 Å². The number of amides is 1. The standard InChI is InChI=1S/C11H12F2N2O5S/c1-5(4-8(14)16)15-21(19,20)7-3-2-6(12)9(10(7)13)11(17)18/h2-3,5,15H,4H2,1H3,(H2,14,16)(H,17,18). The maximum atomic E-state index is 13.9. The van der Waals surface area contributed by atoms with Gasteiger partial charge in [-0.3, -0.25) is 4.79 Å². The summed E-state index contributed by atoms with van der Waals surface area (Å²) in [5, 5.41) is 8.68. The van der Waals surface area contributed by atoms with E-state index in [0.717, 1.165) is 0 Å². The molecule has 0 aliphatic rings. The fourth-order valence-electron chi connectivity index (χ4n) is 1.61. The molecule has 0 fully saturated rings. The lowest BCUT2D eigenvalue weighted by atomic mass is 10.2. The van der Waals surface area contributed by atoms with Crippen molar-refractivity contribution in [3.63, 3.8) is 0 Å². The van der Waals surface area contributed by atoms with Gasteiger partial charge in [0.15, 0.2) is 5.82 Å². The number of carboxylic acid groups (broad SMARTS) is 1. The number of benzene rings is 1. The van der Waals surface area contributed by atoms with Crippen molar-refractivity contribution in [3.05, 3.63) is 29.3 Å². The van der Waals surface area contributed by atoms with Crippen LogP contribution in [0.3, 0.4) is 0 Å². The molecule has 1 amide bonds. The number of hydrogen-bond donors (Lipinski definition) is 3. The van der Waals surface area contributed by atoms with Crippen molar-refractivity contribution in [2.24, 2.45) is 5.73 Å². The summed E-state index contributed by atoms with van der Waals surface area (Å²) in [6.45, 7) is 1.31. The van der Waals surface area contributed by atoms with Gasteiger partial charge in [0.1, 0.15) is 16.3 Å². The van der Waals surface area contributed by atoms with Gasteiger partial charge < -0.3 is 10.8 Å². The lowest BCUT2D eigenvalue weighted by Gasteiger charge is -2.13. The molecule has 4 N–H and O–H groups in total. The van der Waals surface area contributed by atoms with Crippen LogP contribution in [0.15, 0.2) is 17.0 Å². The number of carbonyl (C=O) groups excluding carboxylic acids is 1. The molecule has 0 aliphatic heterocycles. The molecular weight excluding hydrogens is 310 g/mol. The van der Waals surface area contributed by atoms with Gasteiger partial charge in [0.2, 0.25) is 15.9 Å². The molecule has 21 heavy (non-hydrogen) atoms. The number of nitrogens with one attached hydrogen (secondary N) is 1. The minimum absolute atomic E-state index is 0.339. The molecule has 1 aromatic carbocycles. The number of primary amides is 1. The Labute approximate surface area is 118 Å². The van der Waals surface area contributed by atoms with E-state index in [2.05, 4.69) is 0 Å². The summed E-state index contributed by atoms with van der Waals surface area (Å²) in [4.78, 5) is 20.4. The van der Waals surface area contributed by atoms with Crippen molar-refractivity contribution in [2.45, 2.75) is 24.3 Å². The first-order valence-electron chi connectivity index (χ1n) is 5.58. The molecule has 0 aliphatic carbocycles. The van der Waals surface area contributed by atoms with Crippen LogP contribution in [0.4, 0.5) is 8.78 Å². The molecule has 1 unspecified atom stereocenters. The van der Waals surface area contributed by atoms with E-state index in [1.807, 2.05) is 4.72 Å². The van der Waals surface area contributed by atoms with Crippen LogP contribution in [0.25, 0.3) is 0 Å². The second-order valence-electron chi connectivity index (χ2n) is 4.23. The highest BCUT2D eigenvalue weighted by Gasteiger charge is 2.28. The van der Waals surface area contributed by atoms with E-state index < -0.39 is 50.0 Å². The second-order valence-corrected chi connectivity index (χ2v) is 5.91. The Kier molecular flexibility index (Phi) is 4.97. The second kappa shape index (κ2) is 6.14. The van der Waals surface area contributed by atoms with E-state index in [9.17, 15) is 26.8 Å². The highest BCUT2D eigenvalue weighted by atomic mass is 32.2. The molecule has 7 nitrogen and oxygen atoms in total. The van der Waals surface area contributed by atoms with Crippen molar-refractivity contribution < 1.29 is 31.9 Å². The Balaban J connectivity index is 3.24. The van der Waals surface area contributed by atoms with E-state index in [0.29, 0.717) is 12.1 Å². The third kappa shape index (κ3) is 3.95. The Hall–Kier alpha value is -2.07. The van der Waals surface area contributed by atoms with Crippen LogP contribution < -0.4 is 10.5 Å². The lowest BCUT2D eigenvalue weighted by Crippen LogP contribution is -2.36. The van der Waals surface area contributed by atoms with Crippen LogP contribution in [-0.4, -0.2) is 31.4 Å². The van der Waals surface area contributed by atoms with Crippen LogP contribution >= 0.6 is 0 Å². The monoisotopic (exact) mass is 322 g/mol. The molecule has 0 bridgehead atoms. The van der Waals surface area contributed by atoms with Crippen molar-refractivity contribution in [1.82, 2.24) is 4.72 Å². The summed E-state index contributed by atoms with van der Waals surface area (Å²) < 4.78 is 52.8. The van der Waals surface area contributed by atoms with Crippen LogP contribution in [0.2, 0.25) is 0 Å².